The second kappa shape index (κ2) is 10.3. The summed E-state index contributed by atoms with van der Waals surface area (Å²) in [4.78, 5) is 16.5. The molecular formula is C27H31N5O3. The summed E-state index contributed by atoms with van der Waals surface area (Å²) >= 11 is 0. The molecule has 0 amide bonds. The Morgan fingerprint density at radius 1 is 1.14 bits per heavy atom. The average Bonchev–Trinajstić information content (AvgIpc) is 3.50. The van der Waals surface area contributed by atoms with E-state index >= 15 is 0 Å². The van der Waals surface area contributed by atoms with Gasteiger partial charge in [-0.1, -0.05) is 13.0 Å². The summed E-state index contributed by atoms with van der Waals surface area (Å²) in [6.07, 6.45) is 11.8. The molecule has 0 radical (unpaired) electrons. The Bertz CT molecular complexity index is 1330. The fourth-order valence-corrected chi connectivity index (χ4v) is 4.82. The van der Waals surface area contributed by atoms with Gasteiger partial charge in [0.1, 0.15) is 5.75 Å². The van der Waals surface area contributed by atoms with Gasteiger partial charge in [-0.25, -0.2) is 0 Å². The number of carboxylic acid groups (broad SMARTS) is 1. The summed E-state index contributed by atoms with van der Waals surface area (Å²) < 4.78 is 9.65. The van der Waals surface area contributed by atoms with E-state index in [0.717, 1.165) is 60.1 Å². The third-order valence-corrected chi connectivity index (χ3v) is 6.58. The van der Waals surface area contributed by atoms with Crippen LogP contribution in [-0.2, 0) is 30.6 Å². The molecule has 1 atom stereocenters. The molecule has 1 aliphatic rings. The molecule has 0 bridgehead atoms. The van der Waals surface area contributed by atoms with E-state index in [1.807, 2.05) is 29.1 Å². The topological polar surface area (TPSA) is 95.1 Å². The first-order valence-electron chi connectivity index (χ1n) is 12.4. The molecule has 0 spiro atoms. The molecule has 0 fully saturated rings. The van der Waals surface area contributed by atoms with Crippen LogP contribution >= 0.6 is 0 Å². The summed E-state index contributed by atoms with van der Waals surface area (Å²) in [5.41, 5.74) is 5.41. The summed E-state index contributed by atoms with van der Waals surface area (Å²) in [5, 5.41) is 19.4. The maximum atomic E-state index is 11.6. The molecule has 0 saturated carbocycles. The Morgan fingerprint density at radius 3 is 2.89 bits per heavy atom. The Labute approximate surface area is 204 Å². The minimum atomic E-state index is -0.877. The van der Waals surface area contributed by atoms with E-state index in [0.29, 0.717) is 6.61 Å². The van der Waals surface area contributed by atoms with Gasteiger partial charge in [0, 0.05) is 41.5 Å². The predicted molar refractivity (Wildman–Crippen MR) is 133 cm³/mol. The first-order chi connectivity index (χ1) is 17.1. The normalized spacial score (nSPS) is 14.1. The molecule has 1 N–H and O–H groups in total. The van der Waals surface area contributed by atoms with Crippen molar-refractivity contribution in [3.05, 3.63) is 71.4 Å². The molecule has 8 heteroatoms. The van der Waals surface area contributed by atoms with Gasteiger partial charge in [0.05, 0.1) is 37.0 Å². The van der Waals surface area contributed by atoms with Crippen molar-refractivity contribution in [1.29, 1.82) is 0 Å². The fraction of sp³-hybridized carbons (Fsp3) is 0.407. The zero-order chi connectivity index (χ0) is 24.2. The lowest BCUT2D eigenvalue weighted by Crippen LogP contribution is -2.16. The van der Waals surface area contributed by atoms with Crippen molar-refractivity contribution in [1.82, 2.24) is 24.5 Å². The number of aromatic nitrogens is 5. The molecule has 5 rings (SSSR count). The minimum absolute atomic E-state index is 0.0688. The summed E-state index contributed by atoms with van der Waals surface area (Å²) in [6, 6.07) is 9.72. The smallest absolute Gasteiger partial charge is 0.305 e. The van der Waals surface area contributed by atoms with Gasteiger partial charge in [-0.3, -0.25) is 19.1 Å². The van der Waals surface area contributed by atoms with Gasteiger partial charge in [-0.2, -0.15) is 10.2 Å². The lowest BCUT2D eigenvalue weighted by molar-refractivity contribution is -0.137. The Hall–Kier alpha value is -3.68. The number of aryl methyl sites for hydroxylation is 3. The van der Waals surface area contributed by atoms with E-state index in [4.69, 9.17) is 9.72 Å². The number of hydrogen-bond donors (Lipinski definition) is 1. The Balaban J connectivity index is 1.30. The van der Waals surface area contributed by atoms with Crippen molar-refractivity contribution in [3.8, 4) is 5.75 Å². The highest BCUT2D eigenvalue weighted by atomic mass is 16.5. The van der Waals surface area contributed by atoms with Gasteiger partial charge in [-0.15, -0.1) is 0 Å². The molecule has 3 heterocycles. The lowest BCUT2D eigenvalue weighted by atomic mass is 9.96. The zero-order valence-electron chi connectivity index (χ0n) is 20.1. The number of fused-ring (bicyclic) bond motifs is 2. The number of benzene rings is 1. The monoisotopic (exact) mass is 473 g/mol. The van der Waals surface area contributed by atoms with Gasteiger partial charge in [0.15, 0.2) is 0 Å². The van der Waals surface area contributed by atoms with Crippen LogP contribution in [0.15, 0.2) is 48.9 Å². The molecular weight excluding hydrogens is 442 g/mol. The van der Waals surface area contributed by atoms with Crippen LogP contribution in [-0.4, -0.2) is 42.2 Å². The molecule has 3 aromatic heterocycles. The summed E-state index contributed by atoms with van der Waals surface area (Å²) in [7, 11) is 0. The number of pyridine rings is 1. The fourth-order valence-electron chi connectivity index (χ4n) is 4.82. The summed E-state index contributed by atoms with van der Waals surface area (Å²) in [6.45, 7) is 3.42. The number of ether oxygens (including phenoxy) is 1. The summed E-state index contributed by atoms with van der Waals surface area (Å²) in [5.74, 6) is -0.113. The second-order valence-corrected chi connectivity index (χ2v) is 9.17. The Kier molecular flexibility index (Phi) is 6.79. The highest BCUT2D eigenvalue weighted by Crippen LogP contribution is 2.28. The van der Waals surface area contributed by atoms with Crippen molar-refractivity contribution in [2.24, 2.45) is 0 Å². The van der Waals surface area contributed by atoms with Crippen LogP contribution in [0, 0.1) is 0 Å². The molecule has 182 valence electrons. The number of nitrogens with zero attached hydrogens (tertiary/aromatic N) is 5. The van der Waals surface area contributed by atoms with Crippen LogP contribution in [0.2, 0.25) is 0 Å². The van der Waals surface area contributed by atoms with Gasteiger partial charge < -0.3 is 9.84 Å². The molecule has 0 saturated heterocycles. The maximum absolute atomic E-state index is 11.6. The number of rotatable bonds is 10. The van der Waals surface area contributed by atoms with Crippen molar-refractivity contribution < 1.29 is 14.6 Å². The highest BCUT2D eigenvalue weighted by Gasteiger charge is 2.22. The van der Waals surface area contributed by atoms with Crippen molar-refractivity contribution >= 4 is 16.9 Å². The van der Waals surface area contributed by atoms with E-state index in [9.17, 15) is 9.90 Å². The quantitative estimate of drug-likeness (QED) is 0.362. The van der Waals surface area contributed by atoms with Crippen molar-refractivity contribution in [2.75, 3.05) is 6.61 Å². The largest absolute Gasteiger partial charge is 0.493 e. The van der Waals surface area contributed by atoms with Gasteiger partial charge in [0.25, 0.3) is 0 Å². The minimum Gasteiger partial charge on any atom is -0.493 e. The van der Waals surface area contributed by atoms with Crippen LogP contribution in [0.5, 0.6) is 5.75 Å². The Morgan fingerprint density at radius 2 is 2.03 bits per heavy atom. The third kappa shape index (κ3) is 5.21. The van der Waals surface area contributed by atoms with Crippen molar-refractivity contribution in [2.45, 2.75) is 64.5 Å². The number of aliphatic carboxylic acids is 1. The molecule has 8 nitrogen and oxygen atoms in total. The number of hydrogen-bond acceptors (Lipinski definition) is 5. The predicted octanol–water partition coefficient (Wildman–Crippen LogP) is 4.60. The molecule has 4 aromatic rings. The number of carbonyl (C=O) groups is 1. The van der Waals surface area contributed by atoms with E-state index < -0.39 is 12.0 Å². The second-order valence-electron chi connectivity index (χ2n) is 9.17. The van der Waals surface area contributed by atoms with E-state index in [2.05, 4.69) is 29.3 Å². The number of carboxylic acids is 1. The van der Waals surface area contributed by atoms with E-state index in [1.165, 1.54) is 24.1 Å². The molecule has 1 unspecified atom stereocenters. The highest BCUT2D eigenvalue weighted by molar-refractivity contribution is 5.81. The lowest BCUT2D eigenvalue weighted by Gasteiger charge is -2.16. The average molecular weight is 474 g/mol. The molecule has 1 aliphatic carbocycles. The molecule has 35 heavy (non-hydrogen) atoms. The van der Waals surface area contributed by atoms with Crippen LogP contribution in [0.4, 0.5) is 0 Å². The van der Waals surface area contributed by atoms with Gasteiger partial charge in [0.2, 0.25) is 0 Å². The van der Waals surface area contributed by atoms with Crippen molar-refractivity contribution in [3.63, 3.8) is 0 Å². The van der Waals surface area contributed by atoms with Crippen LogP contribution < -0.4 is 4.74 Å². The van der Waals surface area contributed by atoms with Gasteiger partial charge >= 0.3 is 5.97 Å². The van der Waals surface area contributed by atoms with Crippen LogP contribution in [0.3, 0.4) is 0 Å². The standard InChI is InChI=1S/C27H31N5O3/c1-2-12-31-18-21(17-28-31)26(15-27(33)34)32-25-10-9-23(14-20(25)16-29-32)35-13-11-22-8-7-19-5-3-4-6-24(19)30-22/h7-10,14,16-18,26H,2-6,11-13,15H2,1H3,(H,33,34). The van der Waals surface area contributed by atoms with Crippen LogP contribution in [0.25, 0.3) is 10.9 Å². The van der Waals surface area contributed by atoms with Crippen LogP contribution in [0.1, 0.15) is 61.2 Å². The molecule has 1 aromatic carbocycles. The first-order valence-corrected chi connectivity index (χ1v) is 12.4. The van der Waals surface area contributed by atoms with Gasteiger partial charge in [-0.05, 0) is 61.9 Å². The van der Waals surface area contributed by atoms with E-state index in [1.54, 1.807) is 17.1 Å². The zero-order valence-corrected chi connectivity index (χ0v) is 20.1. The third-order valence-electron chi connectivity index (χ3n) is 6.58. The first kappa shape index (κ1) is 23.1. The van der Waals surface area contributed by atoms with E-state index in [-0.39, 0.29) is 6.42 Å². The SMILES string of the molecule is CCCn1cc(C(CC(=O)O)n2ncc3cc(OCCc4ccc5c(n4)CCCC5)ccc32)cn1. The maximum Gasteiger partial charge on any atom is 0.305 e. The molecule has 0 aliphatic heterocycles.